The molecule has 0 saturated carbocycles. The van der Waals surface area contributed by atoms with Crippen molar-refractivity contribution in [2.24, 2.45) is 5.73 Å². The first-order valence-electron chi connectivity index (χ1n) is 9.10. The summed E-state index contributed by atoms with van der Waals surface area (Å²) in [5, 5.41) is 3.10. The lowest BCUT2D eigenvalue weighted by Gasteiger charge is -2.26. The van der Waals surface area contributed by atoms with Crippen molar-refractivity contribution < 1.29 is 23.9 Å². The van der Waals surface area contributed by atoms with Crippen molar-refractivity contribution >= 4 is 40.0 Å². The molecule has 0 spiro atoms. The molecule has 0 aliphatic carbocycles. The number of ketones is 1. The van der Waals surface area contributed by atoms with Gasteiger partial charge in [-0.25, -0.2) is 4.79 Å². The van der Waals surface area contributed by atoms with Crippen LogP contribution in [0.3, 0.4) is 0 Å². The lowest BCUT2D eigenvalue weighted by Crippen LogP contribution is -2.36. The van der Waals surface area contributed by atoms with Crippen LogP contribution in [0.4, 0.5) is 9.80 Å². The number of amides is 3. The van der Waals surface area contributed by atoms with Crippen LogP contribution in [-0.2, 0) is 17.7 Å². The average Bonchev–Trinajstić information content (AvgIpc) is 3.05. The van der Waals surface area contributed by atoms with Gasteiger partial charge in [-0.1, -0.05) is 12.1 Å². The maximum Gasteiger partial charge on any atom is 0.410 e. The Hall–Kier alpha value is -3.20. The van der Waals surface area contributed by atoms with Gasteiger partial charge < -0.3 is 20.7 Å². The minimum absolute atomic E-state index is 0.0925. The Labute approximate surface area is 171 Å². The third kappa shape index (κ3) is 4.29. The minimum atomic E-state index is -0.630. The SMILES string of the molecule is CCOC(=O)N1CCc2c(sc(NC(=O)c3ccc(C(C)=O)cc3)c2C(N)=O)C1. The van der Waals surface area contributed by atoms with Gasteiger partial charge in [0.15, 0.2) is 5.78 Å². The summed E-state index contributed by atoms with van der Waals surface area (Å²) in [6, 6.07) is 6.24. The van der Waals surface area contributed by atoms with Crippen LogP contribution in [0.1, 0.15) is 55.4 Å². The minimum Gasteiger partial charge on any atom is -0.450 e. The smallest absolute Gasteiger partial charge is 0.410 e. The quantitative estimate of drug-likeness (QED) is 0.728. The van der Waals surface area contributed by atoms with E-state index in [0.717, 1.165) is 10.4 Å². The molecule has 1 aliphatic heterocycles. The van der Waals surface area contributed by atoms with Gasteiger partial charge in [-0.05, 0) is 38.0 Å². The fraction of sp³-hybridized carbons (Fsp3) is 0.300. The lowest BCUT2D eigenvalue weighted by molar-refractivity contribution is 0.0992. The van der Waals surface area contributed by atoms with E-state index in [2.05, 4.69) is 5.32 Å². The molecule has 0 unspecified atom stereocenters. The number of anilines is 1. The molecule has 2 aromatic rings. The molecule has 3 N–H and O–H groups in total. The van der Waals surface area contributed by atoms with Crippen LogP contribution in [-0.4, -0.2) is 41.7 Å². The van der Waals surface area contributed by atoms with Gasteiger partial charge in [-0.2, -0.15) is 0 Å². The highest BCUT2D eigenvalue weighted by Gasteiger charge is 2.30. The van der Waals surface area contributed by atoms with E-state index in [1.165, 1.54) is 18.3 Å². The number of primary amides is 1. The third-order valence-corrected chi connectivity index (χ3v) is 5.74. The Morgan fingerprint density at radius 2 is 1.83 bits per heavy atom. The number of carbonyl (C=O) groups is 4. The number of nitrogens with zero attached hydrogens (tertiary/aromatic N) is 1. The predicted molar refractivity (Wildman–Crippen MR) is 108 cm³/mol. The van der Waals surface area contributed by atoms with E-state index in [-0.39, 0.29) is 18.0 Å². The first-order chi connectivity index (χ1) is 13.8. The standard InChI is InChI=1S/C20H21N3O5S/c1-3-28-20(27)23-9-8-14-15(10-23)29-19(16(14)17(21)25)22-18(26)13-6-4-12(5-7-13)11(2)24/h4-7H,3,8-10H2,1-2H3,(H2,21,25)(H,22,26). The second kappa shape index (κ2) is 8.44. The fourth-order valence-corrected chi connectivity index (χ4v) is 4.42. The number of nitrogens with one attached hydrogen (secondary N) is 1. The van der Waals surface area contributed by atoms with Gasteiger partial charge in [0, 0.05) is 22.5 Å². The van der Waals surface area contributed by atoms with Crippen LogP contribution in [0.25, 0.3) is 0 Å². The number of ether oxygens (including phenoxy) is 1. The van der Waals surface area contributed by atoms with Crippen LogP contribution in [0, 0.1) is 0 Å². The molecular weight excluding hydrogens is 394 g/mol. The fourth-order valence-electron chi connectivity index (χ4n) is 3.15. The summed E-state index contributed by atoms with van der Waals surface area (Å²) in [5.41, 5.74) is 7.46. The van der Waals surface area contributed by atoms with Gasteiger partial charge in [0.2, 0.25) is 0 Å². The van der Waals surface area contributed by atoms with Crippen LogP contribution in [0.2, 0.25) is 0 Å². The molecule has 0 fully saturated rings. The number of hydrogen-bond donors (Lipinski definition) is 2. The number of carbonyl (C=O) groups excluding carboxylic acids is 4. The molecule has 0 atom stereocenters. The van der Waals surface area contributed by atoms with E-state index in [9.17, 15) is 19.2 Å². The molecule has 0 radical (unpaired) electrons. The third-order valence-electron chi connectivity index (χ3n) is 4.61. The van der Waals surface area contributed by atoms with Crippen LogP contribution in [0.5, 0.6) is 0 Å². The molecule has 8 nitrogen and oxygen atoms in total. The molecule has 3 amide bonds. The summed E-state index contributed by atoms with van der Waals surface area (Å²) in [6.45, 7) is 4.16. The molecule has 3 rings (SSSR count). The summed E-state index contributed by atoms with van der Waals surface area (Å²) in [6.07, 6.45) is 0.0369. The first-order valence-corrected chi connectivity index (χ1v) is 9.91. The molecule has 152 valence electrons. The Bertz CT molecular complexity index is 981. The van der Waals surface area contributed by atoms with E-state index >= 15 is 0 Å². The predicted octanol–water partition coefficient (Wildman–Crippen LogP) is 2.82. The van der Waals surface area contributed by atoms with Crippen LogP contribution < -0.4 is 11.1 Å². The topological polar surface area (TPSA) is 119 Å². The highest BCUT2D eigenvalue weighted by Crippen LogP contribution is 2.37. The zero-order valence-electron chi connectivity index (χ0n) is 16.1. The molecule has 29 heavy (non-hydrogen) atoms. The molecule has 1 aliphatic rings. The second-order valence-corrected chi connectivity index (χ2v) is 7.64. The summed E-state index contributed by atoms with van der Waals surface area (Å²) in [5.74, 6) is -1.14. The van der Waals surface area contributed by atoms with Gasteiger partial charge in [-0.15, -0.1) is 11.3 Å². The molecule has 2 heterocycles. The van der Waals surface area contributed by atoms with Crippen molar-refractivity contribution in [3.63, 3.8) is 0 Å². The van der Waals surface area contributed by atoms with E-state index in [1.807, 2.05) is 0 Å². The molecule has 0 bridgehead atoms. The summed E-state index contributed by atoms with van der Waals surface area (Å²) < 4.78 is 5.04. The average molecular weight is 415 g/mol. The van der Waals surface area contributed by atoms with Crippen molar-refractivity contribution in [2.75, 3.05) is 18.5 Å². The Morgan fingerprint density at radius 3 is 2.41 bits per heavy atom. The van der Waals surface area contributed by atoms with E-state index in [1.54, 1.807) is 36.1 Å². The highest BCUT2D eigenvalue weighted by molar-refractivity contribution is 7.17. The van der Waals surface area contributed by atoms with Crippen LogP contribution in [0.15, 0.2) is 24.3 Å². The molecule has 1 aromatic carbocycles. The number of Topliss-reactive ketones (excluding diaryl/α,β-unsaturated/α-hetero) is 1. The zero-order chi connectivity index (χ0) is 21.1. The zero-order valence-corrected chi connectivity index (χ0v) is 16.9. The van der Waals surface area contributed by atoms with Crippen molar-refractivity contribution in [3.8, 4) is 0 Å². The van der Waals surface area contributed by atoms with Crippen molar-refractivity contribution in [1.29, 1.82) is 0 Å². The Morgan fingerprint density at radius 1 is 1.17 bits per heavy atom. The van der Waals surface area contributed by atoms with E-state index in [4.69, 9.17) is 10.5 Å². The first kappa shape index (κ1) is 20.5. The number of fused-ring (bicyclic) bond motifs is 1. The van der Waals surface area contributed by atoms with Gasteiger partial charge >= 0.3 is 6.09 Å². The summed E-state index contributed by atoms with van der Waals surface area (Å²) in [4.78, 5) is 50.4. The van der Waals surface area contributed by atoms with Crippen molar-refractivity contribution in [2.45, 2.75) is 26.8 Å². The van der Waals surface area contributed by atoms with Gasteiger partial charge in [-0.3, -0.25) is 14.4 Å². The van der Waals surface area contributed by atoms with Crippen molar-refractivity contribution in [3.05, 3.63) is 51.4 Å². The molecule has 0 saturated heterocycles. The summed E-state index contributed by atoms with van der Waals surface area (Å²) in [7, 11) is 0. The monoisotopic (exact) mass is 415 g/mol. The maximum atomic E-state index is 12.6. The number of hydrogen-bond acceptors (Lipinski definition) is 6. The maximum absolute atomic E-state index is 12.6. The normalized spacial score (nSPS) is 12.8. The Kier molecular flexibility index (Phi) is 5.97. The second-order valence-electron chi connectivity index (χ2n) is 6.53. The van der Waals surface area contributed by atoms with Gasteiger partial charge in [0.1, 0.15) is 5.00 Å². The summed E-state index contributed by atoms with van der Waals surface area (Å²) >= 11 is 1.22. The van der Waals surface area contributed by atoms with E-state index in [0.29, 0.717) is 35.6 Å². The van der Waals surface area contributed by atoms with Gasteiger partial charge in [0.05, 0.1) is 18.7 Å². The van der Waals surface area contributed by atoms with Crippen LogP contribution >= 0.6 is 11.3 Å². The largest absolute Gasteiger partial charge is 0.450 e. The number of thiophene rings is 1. The molecular formula is C20H21N3O5S. The Balaban J connectivity index is 1.84. The number of nitrogens with two attached hydrogens (primary N) is 1. The molecule has 9 heteroatoms. The highest BCUT2D eigenvalue weighted by atomic mass is 32.1. The number of rotatable bonds is 5. The van der Waals surface area contributed by atoms with Gasteiger partial charge in [0.25, 0.3) is 11.8 Å². The van der Waals surface area contributed by atoms with E-state index < -0.39 is 17.9 Å². The number of benzene rings is 1. The van der Waals surface area contributed by atoms with Crippen molar-refractivity contribution in [1.82, 2.24) is 4.90 Å². The molecule has 1 aromatic heterocycles. The lowest BCUT2D eigenvalue weighted by atomic mass is 10.0.